The molecule has 2 unspecified atom stereocenters. The average molecular weight is 383 g/mol. The number of hydrogen-bond donors (Lipinski definition) is 0. The molecule has 4 rings (SSSR count). The zero-order valence-corrected chi connectivity index (χ0v) is 16.3. The predicted octanol–water partition coefficient (Wildman–Crippen LogP) is 5.56. The predicted molar refractivity (Wildman–Crippen MR) is 103 cm³/mol. The van der Waals surface area contributed by atoms with Crippen molar-refractivity contribution in [3.05, 3.63) is 28.8 Å². The summed E-state index contributed by atoms with van der Waals surface area (Å²) < 4.78 is 6.10. The van der Waals surface area contributed by atoms with Gasteiger partial charge in [-0.15, -0.1) is 23.5 Å². The summed E-state index contributed by atoms with van der Waals surface area (Å²) in [4.78, 5) is 12.8. The average Bonchev–Trinajstić information content (AvgIpc) is 3.00. The largest absolute Gasteiger partial charge is 0.425 e. The fourth-order valence-electron chi connectivity index (χ4n) is 4.68. The molecule has 3 fully saturated rings. The highest BCUT2D eigenvalue weighted by Gasteiger charge is 2.55. The van der Waals surface area contributed by atoms with Crippen LogP contribution in [0.1, 0.15) is 37.7 Å². The van der Waals surface area contributed by atoms with Gasteiger partial charge in [0.05, 0.1) is 15.0 Å². The van der Waals surface area contributed by atoms with Crippen molar-refractivity contribution in [3.63, 3.8) is 0 Å². The molecule has 3 aliphatic rings. The van der Waals surface area contributed by atoms with Crippen LogP contribution in [-0.4, -0.2) is 21.6 Å². The zero-order valence-electron chi connectivity index (χ0n) is 13.9. The van der Waals surface area contributed by atoms with Crippen molar-refractivity contribution in [1.29, 1.82) is 0 Å². The number of benzene rings is 1. The monoisotopic (exact) mass is 382 g/mol. The molecule has 0 aromatic heterocycles. The van der Waals surface area contributed by atoms with Crippen LogP contribution in [0, 0.1) is 24.7 Å². The van der Waals surface area contributed by atoms with Crippen LogP contribution >= 0.6 is 35.1 Å². The molecule has 2 aliphatic carbocycles. The molecule has 2 nitrogen and oxygen atoms in total. The maximum atomic E-state index is 12.8. The molecule has 0 amide bonds. The smallest absolute Gasteiger partial charge is 0.314 e. The van der Waals surface area contributed by atoms with Crippen molar-refractivity contribution >= 4 is 41.1 Å². The second-order valence-corrected chi connectivity index (χ2v) is 10.7. The zero-order chi connectivity index (χ0) is 16.7. The minimum absolute atomic E-state index is 0.0318. The first-order valence-electron chi connectivity index (χ1n) is 8.84. The highest BCUT2D eigenvalue weighted by molar-refractivity contribution is 8.21. The lowest BCUT2D eigenvalue weighted by molar-refractivity contribution is -0.141. The molecular weight excluding hydrogens is 360 g/mol. The van der Waals surface area contributed by atoms with E-state index in [2.05, 4.69) is 23.5 Å². The Morgan fingerprint density at radius 1 is 1.21 bits per heavy atom. The molecule has 130 valence electrons. The summed E-state index contributed by atoms with van der Waals surface area (Å²) in [6, 6.07) is 5.59. The van der Waals surface area contributed by atoms with E-state index >= 15 is 0 Å². The van der Waals surface area contributed by atoms with Crippen molar-refractivity contribution in [2.75, 3.05) is 11.5 Å². The Bertz CT molecular complexity index is 626. The first-order valence-corrected chi connectivity index (χ1v) is 11.2. The first kappa shape index (κ1) is 17.1. The summed E-state index contributed by atoms with van der Waals surface area (Å²) >= 11 is 10.5. The number of esters is 1. The number of hydrogen-bond acceptors (Lipinski definition) is 4. The van der Waals surface area contributed by atoms with Gasteiger partial charge in [0, 0.05) is 11.5 Å². The van der Waals surface area contributed by atoms with Gasteiger partial charge in [-0.2, -0.15) is 0 Å². The molecule has 1 saturated heterocycles. The van der Waals surface area contributed by atoms with Crippen LogP contribution in [0.3, 0.4) is 0 Å². The van der Waals surface area contributed by atoms with Crippen LogP contribution in [0.15, 0.2) is 18.2 Å². The lowest BCUT2D eigenvalue weighted by Crippen LogP contribution is -2.48. The summed E-state index contributed by atoms with van der Waals surface area (Å²) in [6.07, 6.45) is 5.83. The summed E-state index contributed by atoms with van der Waals surface area (Å²) in [5.74, 6) is 4.32. The summed E-state index contributed by atoms with van der Waals surface area (Å²) in [7, 11) is 0. The van der Waals surface area contributed by atoms with Gasteiger partial charge in [0.25, 0.3) is 0 Å². The van der Waals surface area contributed by atoms with Gasteiger partial charge >= 0.3 is 5.97 Å². The quantitative estimate of drug-likeness (QED) is 0.494. The van der Waals surface area contributed by atoms with E-state index in [4.69, 9.17) is 16.3 Å². The van der Waals surface area contributed by atoms with Crippen molar-refractivity contribution < 1.29 is 9.53 Å². The minimum Gasteiger partial charge on any atom is -0.425 e. The molecule has 0 N–H and O–H groups in total. The van der Waals surface area contributed by atoms with E-state index in [9.17, 15) is 4.79 Å². The Hall–Kier alpha value is -0.320. The van der Waals surface area contributed by atoms with Crippen molar-refractivity contribution in [1.82, 2.24) is 0 Å². The molecule has 2 saturated carbocycles. The lowest BCUT2D eigenvalue weighted by atomic mass is 9.67. The molecule has 1 heterocycles. The number of halogens is 1. The van der Waals surface area contributed by atoms with E-state index < -0.39 is 0 Å². The van der Waals surface area contributed by atoms with E-state index in [0.29, 0.717) is 26.7 Å². The third kappa shape index (κ3) is 2.99. The van der Waals surface area contributed by atoms with Crippen LogP contribution in [0.2, 0.25) is 5.02 Å². The topological polar surface area (TPSA) is 26.3 Å². The summed E-state index contributed by atoms with van der Waals surface area (Å²) in [6.45, 7) is 1.98. The van der Waals surface area contributed by atoms with Gasteiger partial charge in [0.1, 0.15) is 5.75 Å². The number of thioether (sulfide) groups is 2. The van der Waals surface area contributed by atoms with Gasteiger partial charge < -0.3 is 4.74 Å². The van der Waals surface area contributed by atoms with Crippen LogP contribution < -0.4 is 4.74 Å². The fourth-order valence-corrected chi connectivity index (χ4v) is 8.78. The van der Waals surface area contributed by atoms with Gasteiger partial charge in [0.2, 0.25) is 0 Å². The van der Waals surface area contributed by atoms with Crippen LogP contribution in [0.25, 0.3) is 0 Å². The Kier molecular flexibility index (Phi) is 4.83. The van der Waals surface area contributed by atoms with E-state index in [1.54, 1.807) is 6.07 Å². The maximum Gasteiger partial charge on any atom is 0.314 e. The normalized spacial score (nSPS) is 31.2. The minimum atomic E-state index is -0.0813. The molecule has 0 radical (unpaired) electrons. The molecule has 5 heteroatoms. The van der Waals surface area contributed by atoms with Crippen LogP contribution in [0.5, 0.6) is 5.75 Å². The van der Waals surface area contributed by atoms with E-state index in [0.717, 1.165) is 18.4 Å². The first-order chi connectivity index (χ1) is 11.6. The molecule has 2 atom stereocenters. The van der Waals surface area contributed by atoms with Gasteiger partial charge in [-0.05, 0) is 62.1 Å². The molecule has 2 bridgehead atoms. The Morgan fingerprint density at radius 3 is 2.54 bits per heavy atom. The van der Waals surface area contributed by atoms with E-state index in [1.165, 1.54) is 30.8 Å². The van der Waals surface area contributed by atoms with Gasteiger partial charge in [-0.3, -0.25) is 4.79 Å². The second kappa shape index (κ2) is 6.77. The standard InChI is InChI=1S/C19H23ClO2S2/c1-12-5-6-16(20)17(9-12)22-18(21)13-10-14-3-2-4-15(11-13)19(14)23-7-8-24-19/h5-6,9,13-15H,2-4,7-8,10-11H2,1H3. The van der Waals surface area contributed by atoms with Gasteiger partial charge in [-0.1, -0.05) is 24.1 Å². The molecule has 1 aromatic carbocycles. The van der Waals surface area contributed by atoms with Crippen molar-refractivity contribution in [3.8, 4) is 5.75 Å². The molecular formula is C19H23ClO2S2. The Morgan fingerprint density at radius 2 is 1.88 bits per heavy atom. The molecule has 1 spiro atoms. The third-order valence-electron chi connectivity index (χ3n) is 5.75. The Balaban J connectivity index is 1.50. The second-order valence-electron chi connectivity index (χ2n) is 7.27. The van der Waals surface area contributed by atoms with Crippen LogP contribution in [0.4, 0.5) is 0 Å². The number of carbonyl (C=O) groups is 1. The van der Waals surface area contributed by atoms with Crippen LogP contribution in [-0.2, 0) is 4.79 Å². The number of carbonyl (C=O) groups excluding carboxylic acids is 1. The van der Waals surface area contributed by atoms with Crippen molar-refractivity contribution in [2.45, 2.75) is 43.1 Å². The molecule has 1 aliphatic heterocycles. The SMILES string of the molecule is Cc1ccc(Cl)c(OC(=O)C2CC3CCCC(C2)C32SCCS2)c1. The van der Waals surface area contributed by atoms with Gasteiger partial charge in [-0.25, -0.2) is 0 Å². The van der Waals surface area contributed by atoms with E-state index in [-0.39, 0.29) is 11.9 Å². The van der Waals surface area contributed by atoms with Crippen molar-refractivity contribution in [2.24, 2.45) is 17.8 Å². The number of aryl methyl sites for hydroxylation is 1. The Labute approximate surface area is 157 Å². The van der Waals surface area contributed by atoms with Gasteiger partial charge in [0.15, 0.2) is 0 Å². The van der Waals surface area contributed by atoms with E-state index in [1.807, 2.05) is 19.1 Å². The number of ether oxygens (including phenoxy) is 1. The molecule has 24 heavy (non-hydrogen) atoms. The highest BCUT2D eigenvalue weighted by Crippen LogP contribution is 2.64. The molecule has 1 aromatic rings. The number of rotatable bonds is 2. The maximum absolute atomic E-state index is 12.8. The fraction of sp³-hybridized carbons (Fsp3) is 0.632. The summed E-state index contributed by atoms with van der Waals surface area (Å²) in [5, 5.41) is 0.517. The summed E-state index contributed by atoms with van der Waals surface area (Å²) in [5.41, 5.74) is 1.06. The highest BCUT2D eigenvalue weighted by atomic mass is 35.5. The lowest BCUT2D eigenvalue weighted by Gasteiger charge is -2.51. The third-order valence-corrected chi connectivity index (χ3v) is 10.1.